The Balaban J connectivity index is 1.53. The minimum Gasteiger partial charge on any atom is -0.472 e. The van der Waals surface area contributed by atoms with Crippen LogP contribution in [0.15, 0.2) is 27.5 Å². The van der Waals surface area contributed by atoms with Crippen LogP contribution >= 0.6 is 0 Å². The molecule has 3 rings (SSSR count). The highest BCUT2D eigenvalue weighted by Gasteiger charge is 2.23. The molecule has 7 nitrogen and oxygen atoms in total. The lowest BCUT2D eigenvalue weighted by Crippen LogP contribution is -2.41. The van der Waals surface area contributed by atoms with Crippen LogP contribution in [0.1, 0.15) is 36.0 Å². The van der Waals surface area contributed by atoms with Gasteiger partial charge in [0.05, 0.1) is 11.8 Å². The lowest BCUT2D eigenvalue weighted by atomic mass is 9.98. The van der Waals surface area contributed by atoms with Gasteiger partial charge in [-0.15, -0.1) is 0 Å². The third kappa shape index (κ3) is 3.29. The average molecular weight is 304 g/mol. The van der Waals surface area contributed by atoms with Crippen molar-refractivity contribution in [1.82, 2.24) is 15.5 Å². The van der Waals surface area contributed by atoms with Crippen LogP contribution in [-0.2, 0) is 6.42 Å². The highest BCUT2D eigenvalue weighted by molar-refractivity contribution is 5.93. The molecule has 0 radical (unpaired) electrons. The monoisotopic (exact) mass is 304 g/mol. The van der Waals surface area contributed by atoms with Crippen molar-refractivity contribution < 1.29 is 13.7 Å². The maximum Gasteiger partial charge on any atom is 0.266 e. The first-order chi connectivity index (χ1) is 10.8. The van der Waals surface area contributed by atoms with Crippen molar-refractivity contribution in [2.24, 2.45) is 5.92 Å². The number of anilines is 1. The summed E-state index contributed by atoms with van der Waals surface area (Å²) in [5, 5.41) is 6.97. The fraction of sp³-hybridized carbons (Fsp3) is 0.533. The standard InChI is InChI=1S/C15H20N4O3/c1-2-13-17-15(18-22-13)19-6-3-4-11(9-19)8-16-14(20)12-5-7-21-10-12/h5,7,10-11H,2-4,6,8-9H2,1H3,(H,16,20)/t11-/m1/s1. The van der Waals surface area contributed by atoms with Crippen LogP contribution in [0.25, 0.3) is 0 Å². The van der Waals surface area contributed by atoms with E-state index in [9.17, 15) is 4.79 Å². The third-order valence-electron chi connectivity index (χ3n) is 3.90. The van der Waals surface area contributed by atoms with Gasteiger partial charge in [0.2, 0.25) is 5.89 Å². The molecule has 1 aliphatic heterocycles. The number of amides is 1. The van der Waals surface area contributed by atoms with Crippen LogP contribution in [0.4, 0.5) is 5.95 Å². The molecule has 0 saturated carbocycles. The van der Waals surface area contributed by atoms with Gasteiger partial charge in [-0.25, -0.2) is 0 Å². The molecule has 1 aliphatic rings. The van der Waals surface area contributed by atoms with Crippen molar-refractivity contribution in [2.45, 2.75) is 26.2 Å². The largest absolute Gasteiger partial charge is 0.472 e. The minimum absolute atomic E-state index is 0.0984. The molecule has 7 heteroatoms. The third-order valence-corrected chi connectivity index (χ3v) is 3.90. The van der Waals surface area contributed by atoms with Crippen molar-refractivity contribution in [1.29, 1.82) is 0 Å². The second-order valence-corrected chi connectivity index (χ2v) is 5.52. The van der Waals surface area contributed by atoms with Gasteiger partial charge in [0, 0.05) is 26.1 Å². The summed E-state index contributed by atoms with van der Waals surface area (Å²) >= 11 is 0. The summed E-state index contributed by atoms with van der Waals surface area (Å²) in [5.74, 6) is 1.60. The first-order valence-corrected chi connectivity index (χ1v) is 7.64. The van der Waals surface area contributed by atoms with E-state index in [1.54, 1.807) is 6.07 Å². The van der Waals surface area contributed by atoms with Crippen molar-refractivity contribution in [3.05, 3.63) is 30.0 Å². The summed E-state index contributed by atoms with van der Waals surface area (Å²) in [6.07, 6.45) is 5.83. The number of nitrogens with one attached hydrogen (secondary N) is 1. The predicted octanol–water partition coefficient (Wildman–Crippen LogP) is 1.87. The number of rotatable bonds is 5. The molecule has 0 unspecified atom stereocenters. The summed E-state index contributed by atoms with van der Waals surface area (Å²) < 4.78 is 10.1. The van der Waals surface area contributed by atoms with Gasteiger partial charge in [-0.2, -0.15) is 4.98 Å². The highest BCUT2D eigenvalue weighted by Crippen LogP contribution is 2.20. The van der Waals surface area contributed by atoms with Crippen molar-refractivity contribution in [3.63, 3.8) is 0 Å². The molecule has 0 bridgehead atoms. The number of furan rings is 1. The van der Waals surface area contributed by atoms with Crippen molar-refractivity contribution in [2.75, 3.05) is 24.5 Å². The quantitative estimate of drug-likeness (QED) is 0.907. The Labute approximate surface area is 128 Å². The van der Waals surface area contributed by atoms with E-state index in [-0.39, 0.29) is 5.91 Å². The molecule has 0 aliphatic carbocycles. The molecule has 1 N–H and O–H groups in total. The van der Waals surface area contributed by atoms with Crippen LogP contribution < -0.4 is 10.2 Å². The number of nitrogens with zero attached hydrogens (tertiary/aromatic N) is 3. The maximum atomic E-state index is 11.9. The second-order valence-electron chi connectivity index (χ2n) is 5.52. The molecule has 22 heavy (non-hydrogen) atoms. The molecule has 1 amide bonds. The van der Waals surface area contributed by atoms with Gasteiger partial charge in [0.1, 0.15) is 6.26 Å². The molecule has 3 heterocycles. The lowest BCUT2D eigenvalue weighted by Gasteiger charge is -2.31. The first-order valence-electron chi connectivity index (χ1n) is 7.64. The molecular weight excluding hydrogens is 284 g/mol. The zero-order valence-corrected chi connectivity index (χ0v) is 12.6. The van der Waals surface area contributed by atoms with E-state index in [0.717, 1.165) is 32.4 Å². The zero-order chi connectivity index (χ0) is 15.4. The summed E-state index contributed by atoms with van der Waals surface area (Å²) in [4.78, 5) is 18.4. The summed E-state index contributed by atoms with van der Waals surface area (Å²) in [6.45, 7) is 4.38. The van der Waals surface area contributed by atoms with Crippen molar-refractivity contribution in [3.8, 4) is 0 Å². The van der Waals surface area contributed by atoms with Gasteiger partial charge in [-0.05, 0) is 30.0 Å². The number of hydrogen-bond donors (Lipinski definition) is 1. The normalized spacial score (nSPS) is 18.4. The van der Waals surface area contributed by atoms with Crippen LogP contribution in [-0.4, -0.2) is 35.7 Å². The Hall–Kier alpha value is -2.31. The molecular formula is C15H20N4O3. The zero-order valence-electron chi connectivity index (χ0n) is 12.6. The van der Waals surface area contributed by atoms with E-state index in [0.29, 0.717) is 29.9 Å². The van der Waals surface area contributed by atoms with Gasteiger partial charge in [-0.1, -0.05) is 6.92 Å². The fourth-order valence-electron chi connectivity index (χ4n) is 2.66. The van der Waals surface area contributed by atoms with E-state index in [2.05, 4.69) is 20.4 Å². The molecule has 1 atom stereocenters. The van der Waals surface area contributed by atoms with Gasteiger partial charge in [0.25, 0.3) is 11.9 Å². The van der Waals surface area contributed by atoms with E-state index < -0.39 is 0 Å². The van der Waals surface area contributed by atoms with Gasteiger partial charge < -0.3 is 19.2 Å². The smallest absolute Gasteiger partial charge is 0.266 e. The van der Waals surface area contributed by atoms with E-state index >= 15 is 0 Å². The van der Waals surface area contributed by atoms with Gasteiger partial charge in [0.15, 0.2) is 0 Å². The first kappa shape index (κ1) is 14.6. The molecule has 0 aromatic carbocycles. The van der Waals surface area contributed by atoms with E-state index in [4.69, 9.17) is 8.94 Å². The number of carbonyl (C=O) groups is 1. The van der Waals surface area contributed by atoms with E-state index in [1.807, 2.05) is 6.92 Å². The Morgan fingerprint density at radius 2 is 2.45 bits per heavy atom. The topological polar surface area (TPSA) is 84.4 Å². The molecule has 2 aromatic heterocycles. The minimum atomic E-state index is -0.0984. The molecule has 2 aromatic rings. The van der Waals surface area contributed by atoms with E-state index in [1.165, 1.54) is 12.5 Å². The Kier molecular flexibility index (Phi) is 4.41. The van der Waals surface area contributed by atoms with Crippen LogP contribution in [0.2, 0.25) is 0 Å². The molecule has 1 saturated heterocycles. The van der Waals surface area contributed by atoms with Crippen LogP contribution in [0.5, 0.6) is 0 Å². The fourth-order valence-corrected chi connectivity index (χ4v) is 2.66. The maximum absolute atomic E-state index is 11.9. The highest BCUT2D eigenvalue weighted by atomic mass is 16.5. The van der Waals surface area contributed by atoms with Crippen LogP contribution in [0, 0.1) is 5.92 Å². The molecule has 1 fully saturated rings. The SMILES string of the molecule is CCc1nc(N2CCC[C@H](CNC(=O)c3ccoc3)C2)no1. The molecule has 0 spiro atoms. The Morgan fingerprint density at radius 3 is 3.18 bits per heavy atom. The summed E-state index contributed by atoms with van der Waals surface area (Å²) in [7, 11) is 0. The summed E-state index contributed by atoms with van der Waals surface area (Å²) in [5.41, 5.74) is 0.554. The molecule has 118 valence electrons. The number of aromatic nitrogens is 2. The second kappa shape index (κ2) is 6.64. The number of hydrogen-bond acceptors (Lipinski definition) is 6. The van der Waals surface area contributed by atoms with Crippen molar-refractivity contribution >= 4 is 11.9 Å². The number of carbonyl (C=O) groups excluding carboxylic acids is 1. The Bertz CT molecular complexity index is 608. The Morgan fingerprint density at radius 1 is 1.55 bits per heavy atom. The predicted molar refractivity (Wildman–Crippen MR) is 79.7 cm³/mol. The lowest BCUT2D eigenvalue weighted by molar-refractivity contribution is 0.0945. The van der Waals surface area contributed by atoms with Gasteiger partial charge in [-0.3, -0.25) is 4.79 Å². The number of piperidine rings is 1. The van der Waals surface area contributed by atoms with Gasteiger partial charge >= 0.3 is 0 Å². The van der Waals surface area contributed by atoms with Crippen LogP contribution in [0.3, 0.4) is 0 Å². The summed E-state index contributed by atoms with van der Waals surface area (Å²) in [6, 6.07) is 1.66. The average Bonchev–Trinajstić information content (AvgIpc) is 3.24. The number of aryl methyl sites for hydroxylation is 1.